The van der Waals surface area contributed by atoms with Crippen LogP contribution in [0, 0.1) is 6.92 Å². The molecule has 2 rings (SSSR count). The van der Waals surface area contributed by atoms with E-state index in [2.05, 4.69) is 9.84 Å². The molecule has 1 amide bonds. The lowest BCUT2D eigenvalue weighted by molar-refractivity contribution is -0.147. The van der Waals surface area contributed by atoms with Gasteiger partial charge in [0.25, 0.3) is 0 Å². The number of rotatable bonds is 7. The minimum absolute atomic E-state index is 0.0872. The fraction of sp³-hybridized carbons (Fsp3) is 0.353. The van der Waals surface area contributed by atoms with E-state index in [1.165, 1.54) is 12.0 Å². The number of esters is 1. The van der Waals surface area contributed by atoms with Gasteiger partial charge >= 0.3 is 5.97 Å². The van der Waals surface area contributed by atoms with Crippen LogP contribution < -0.4 is 0 Å². The number of amides is 1. The van der Waals surface area contributed by atoms with Gasteiger partial charge in [0.2, 0.25) is 5.91 Å². The number of halogens is 1. The van der Waals surface area contributed by atoms with Crippen LogP contribution in [0.3, 0.4) is 0 Å². The van der Waals surface area contributed by atoms with Crippen LogP contribution in [-0.4, -0.2) is 40.2 Å². The molecule has 0 radical (unpaired) electrons. The van der Waals surface area contributed by atoms with Crippen LogP contribution in [0.5, 0.6) is 0 Å². The van der Waals surface area contributed by atoms with Gasteiger partial charge in [0, 0.05) is 30.7 Å². The number of carbonyl (C=O) groups excluding carboxylic acids is 2. The van der Waals surface area contributed by atoms with Gasteiger partial charge in [0.05, 0.1) is 13.3 Å². The summed E-state index contributed by atoms with van der Waals surface area (Å²) >= 11 is 5.87. The Morgan fingerprint density at radius 1 is 1.29 bits per heavy atom. The first-order valence-corrected chi connectivity index (χ1v) is 7.94. The SMILES string of the molecule is COC(=O)CN(Cc1ccc(Cl)cc1)C(=O)CCn1cc(C)cn1. The average Bonchev–Trinajstić information content (AvgIpc) is 2.99. The normalized spacial score (nSPS) is 10.5. The molecule has 1 aromatic heterocycles. The zero-order chi connectivity index (χ0) is 17.5. The van der Waals surface area contributed by atoms with E-state index in [1.807, 2.05) is 25.3 Å². The van der Waals surface area contributed by atoms with E-state index in [0.29, 0.717) is 18.1 Å². The molecule has 6 nitrogen and oxygen atoms in total. The van der Waals surface area contributed by atoms with E-state index in [-0.39, 0.29) is 18.9 Å². The molecular formula is C17H20ClN3O3. The molecule has 0 aliphatic carbocycles. The zero-order valence-corrected chi connectivity index (χ0v) is 14.5. The van der Waals surface area contributed by atoms with Crippen LogP contribution in [0.2, 0.25) is 5.02 Å². The van der Waals surface area contributed by atoms with Crippen molar-refractivity contribution in [2.75, 3.05) is 13.7 Å². The summed E-state index contributed by atoms with van der Waals surface area (Å²) in [7, 11) is 1.31. The standard InChI is InChI=1S/C17H20ClN3O3/c1-13-9-19-21(10-13)8-7-16(22)20(12-17(23)24-2)11-14-3-5-15(18)6-4-14/h3-6,9-10H,7-8,11-12H2,1-2H3. The number of benzene rings is 1. The summed E-state index contributed by atoms with van der Waals surface area (Å²) < 4.78 is 6.40. The molecular weight excluding hydrogens is 330 g/mol. The molecule has 0 fully saturated rings. The van der Waals surface area contributed by atoms with Crippen LogP contribution in [0.4, 0.5) is 0 Å². The topological polar surface area (TPSA) is 64.4 Å². The molecule has 0 spiro atoms. The summed E-state index contributed by atoms with van der Waals surface area (Å²) in [6.45, 7) is 2.64. The number of ether oxygens (including phenoxy) is 1. The largest absolute Gasteiger partial charge is 0.468 e. The third kappa shape index (κ3) is 5.38. The van der Waals surface area contributed by atoms with Crippen LogP contribution in [0.25, 0.3) is 0 Å². The summed E-state index contributed by atoms with van der Waals surface area (Å²) in [5.74, 6) is -0.587. The van der Waals surface area contributed by atoms with Gasteiger partial charge in [-0.25, -0.2) is 0 Å². The minimum Gasteiger partial charge on any atom is -0.468 e. The second-order valence-electron chi connectivity index (χ2n) is 5.48. The van der Waals surface area contributed by atoms with Crippen LogP contribution in [-0.2, 0) is 27.4 Å². The lowest BCUT2D eigenvalue weighted by Crippen LogP contribution is -2.36. The van der Waals surface area contributed by atoms with Crippen molar-refractivity contribution in [3.63, 3.8) is 0 Å². The molecule has 1 aromatic carbocycles. The molecule has 0 bridgehead atoms. The Morgan fingerprint density at radius 2 is 2.00 bits per heavy atom. The van der Waals surface area contributed by atoms with Crippen molar-refractivity contribution in [1.82, 2.24) is 14.7 Å². The Labute approximate surface area is 146 Å². The van der Waals surface area contributed by atoms with Crippen molar-refractivity contribution in [3.8, 4) is 0 Å². The van der Waals surface area contributed by atoms with Gasteiger partial charge in [0.1, 0.15) is 6.54 Å². The van der Waals surface area contributed by atoms with Gasteiger partial charge in [-0.05, 0) is 30.2 Å². The fourth-order valence-electron chi connectivity index (χ4n) is 2.22. The summed E-state index contributed by atoms with van der Waals surface area (Å²) in [4.78, 5) is 25.6. The van der Waals surface area contributed by atoms with Crippen molar-refractivity contribution < 1.29 is 14.3 Å². The summed E-state index contributed by atoms with van der Waals surface area (Å²) in [5.41, 5.74) is 1.93. The van der Waals surface area contributed by atoms with Crippen molar-refractivity contribution >= 4 is 23.5 Å². The maximum atomic E-state index is 12.5. The van der Waals surface area contributed by atoms with Crippen LogP contribution in [0.1, 0.15) is 17.5 Å². The number of aromatic nitrogens is 2. The molecule has 0 unspecified atom stereocenters. The Balaban J connectivity index is 2.01. The Kier molecular flexibility index (Phi) is 6.37. The number of nitrogens with zero attached hydrogens (tertiary/aromatic N) is 3. The van der Waals surface area contributed by atoms with Crippen molar-refractivity contribution in [3.05, 3.63) is 52.8 Å². The smallest absolute Gasteiger partial charge is 0.325 e. The van der Waals surface area contributed by atoms with E-state index in [9.17, 15) is 9.59 Å². The number of aryl methyl sites for hydroxylation is 2. The molecule has 24 heavy (non-hydrogen) atoms. The molecule has 0 aliphatic rings. The molecule has 0 saturated carbocycles. The second kappa shape index (κ2) is 8.49. The van der Waals surface area contributed by atoms with E-state index in [1.54, 1.807) is 23.0 Å². The maximum absolute atomic E-state index is 12.5. The van der Waals surface area contributed by atoms with Gasteiger partial charge in [0.15, 0.2) is 0 Å². The van der Waals surface area contributed by atoms with Crippen molar-refractivity contribution in [2.24, 2.45) is 0 Å². The Morgan fingerprint density at radius 3 is 2.58 bits per heavy atom. The predicted octanol–water partition coefficient (Wildman–Crippen LogP) is 2.44. The van der Waals surface area contributed by atoms with Crippen molar-refractivity contribution in [1.29, 1.82) is 0 Å². The lowest BCUT2D eigenvalue weighted by Gasteiger charge is -2.21. The molecule has 1 heterocycles. The average molecular weight is 350 g/mol. The highest BCUT2D eigenvalue weighted by atomic mass is 35.5. The highest BCUT2D eigenvalue weighted by molar-refractivity contribution is 6.30. The molecule has 7 heteroatoms. The Hall–Kier alpha value is -2.34. The number of hydrogen-bond acceptors (Lipinski definition) is 4. The summed E-state index contributed by atoms with van der Waals surface area (Å²) in [6, 6.07) is 7.17. The second-order valence-corrected chi connectivity index (χ2v) is 5.92. The van der Waals surface area contributed by atoms with Crippen LogP contribution >= 0.6 is 11.6 Å². The Bertz CT molecular complexity index is 697. The third-order valence-corrected chi connectivity index (χ3v) is 3.76. The molecule has 128 valence electrons. The monoisotopic (exact) mass is 349 g/mol. The van der Waals surface area contributed by atoms with Gasteiger partial charge < -0.3 is 9.64 Å². The highest BCUT2D eigenvalue weighted by Gasteiger charge is 2.18. The summed E-state index contributed by atoms with van der Waals surface area (Å²) in [5, 5.41) is 4.78. The number of hydrogen-bond donors (Lipinski definition) is 0. The number of carbonyl (C=O) groups is 2. The first-order chi connectivity index (χ1) is 11.5. The highest BCUT2D eigenvalue weighted by Crippen LogP contribution is 2.12. The van der Waals surface area contributed by atoms with Gasteiger partial charge in [-0.2, -0.15) is 5.10 Å². The fourth-order valence-corrected chi connectivity index (χ4v) is 2.35. The zero-order valence-electron chi connectivity index (χ0n) is 13.7. The van der Waals surface area contributed by atoms with E-state index < -0.39 is 5.97 Å². The van der Waals surface area contributed by atoms with Crippen LogP contribution in [0.15, 0.2) is 36.7 Å². The summed E-state index contributed by atoms with van der Waals surface area (Å²) in [6.07, 6.45) is 3.87. The predicted molar refractivity (Wildman–Crippen MR) is 90.5 cm³/mol. The van der Waals surface area contributed by atoms with E-state index in [4.69, 9.17) is 11.6 Å². The lowest BCUT2D eigenvalue weighted by atomic mass is 10.2. The van der Waals surface area contributed by atoms with Gasteiger partial charge in [-0.1, -0.05) is 23.7 Å². The molecule has 0 N–H and O–H groups in total. The third-order valence-electron chi connectivity index (χ3n) is 3.50. The minimum atomic E-state index is -0.452. The molecule has 0 aliphatic heterocycles. The van der Waals surface area contributed by atoms with E-state index in [0.717, 1.165) is 11.1 Å². The van der Waals surface area contributed by atoms with Crippen molar-refractivity contribution in [2.45, 2.75) is 26.4 Å². The first kappa shape index (κ1) is 18.0. The number of methoxy groups -OCH3 is 1. The quantitative estimate of drug-likeness (QED) is 0.720. The maximum Gasteiger partial charge on any atom is 0.325 e. The van der Waals surface area contributed by atoms with E-state index >= 15 is 0 Å². The molecule has 2 aromatic rings. The van der Waals surface area contributed by atoms with Gasteiger partial charge in [-0.3, -0.25) is 14.3 Å². The first-order valence-electron chi connectivity index (χ1n) is 7.56. The van der Waals surface area contributed by atoms with Gasteiger partial charge in [-0.15, -0.1) is 0 Å². The molecule has 0 saturated heterocycles. The molecule has 0 atom stereocenters.